The maximum absolute atomic E-state index is 12.9. The number of guanidine groups is 2. The average Bonchev–Trinajstić information content (AvgIpc) is 4.06. The van der Waals surface area contributed by atoms with Crippen molar-refractivity contribution in [1.82, 2.24) is 14.7 Å². The molecule has 2 fully saturated rings. The van der Waals surface area contributed by atoms with Gasteiger partial charge in [0.05, 0.1) is 31.4 Å². The minimum atomic E-state index is -5.04. The van der Waals surface area contributed by atoms with Crippen molar-refractivity contribution in [3.8, 4) is 0 Å². The molecule has 0 atom stereocenters. The number of carbonyl (C=O) groups excluding carboxylic acids is 2. The minimum absolute atomic E-state index is 0.0606. The van der Waals surface area contributed by atoms with Crippen LogP contribution in [0, 0.1) is 24.7 Å². The van der Waals surface area contributed by atoms with Gasteiger partial charge in [-0.05, 0) is 101 Å². The van der Waals surface area contributed by atoms with Gasteiger partial charge in [0, 0.05) is 58.4 Å². The van der Waals surface area contributed by atoms with Crippen molar-refractivity contribution < 1.29 is 58.5 Å². The molecule has 2 amide bonds. The second kappa shape index (κ2) is 22.4. The molecule has 65 heavy (non-hydrogen) atoms. The fourth-order valence-corrected chi connectivity index (χ4v) is 9.09. The van der Waals surface area contributed by atoms with Crippen LogP contribution in [0.2, 0.25) is 0 Å². The number of rotatable bonds is 7. The van der Waals surface area contributed by atoms with Gasteiger partial charge in [-0.25, -0.2) is 31.6 Å². The molecular weight excluding hydrogens is 937 g/mol. The number of hydrazone groups is 2. The Hall–Kier alpha value is -5.04. The van der Waals surface area contributed by atoms with Gasteiger partial charge in [-0.15, -0.1) is 0 Å². The standard InChI is InChI=1S/C19H24F3N5O3S.C10H18N4.C9H7ClF3NO3S.CH3F/c1-3-23-17(27-12-18(11-24-27)8-4-5-9-18)26-31(29,30)14-6-7-15(13(2)10-14)25-16(28)19(20,21)22;1-2-12-9(11)14-8-10(7-13-14)5-3-4-6-10;1-5-4-6(18(10,16)17)2-3-7(5)14-8(15)9(11,12)13;1-2/h6-7,10-11H,3-5,8-9,12H2,1-2H3,(H,23,26)(H,25,28);7H,2-6,8H2,1H3,(H2,11,12);2-4H,1H3,(H,14,15);1H3/i;;;1D. The number of nitrogens with two attached hydrogens (primary N) is 1. The molecule has 0 bridgehead atoms. The van der Waals surface area contributed by atoms with Crippen molar-refractivity contribution in [2.75, 3.05) is 44.0 Å². The quantitative estimate of drug-likeness (QED) is 0.0952. The van der Waals surface area contributed by atoms with Crippen molar-refractivity contribution in [3.63, 3.8) is 0 Å². The van der Waals surface area contributed by atoms with Crippen LogP contribution in [-0.4, -0.2) is 109 Å². The summed E-state index contributed by atoms with van der Waals surface area (Å²) < 4.78 is 139. The number of nitrogens with one attached hydrogen (secondary N) is 3. The van der Waals surface area contributed by atoms with Gasteiger partial charge in [0.2, 0.25) is 11.9 Å². The van der Waals surface area contributed by atoms with E-state index in [0.717, 1.165) is 69.1 Å². The molecule has 2 aliphatic heterocycles. The number of aryl methyl sites for hydroxylation is 2. The zero-order chi connectivity index (χ0) is 49.7. The molecule has 2 aromatic rings. The second-order valence-electron chi connectivity index (χ2n) is 15.3. The van der Waals surface area contributed by atoms with Crippen LogP contribution < -0.4 is 21.1 Å². The van der Waals surface area contributed by atoms with Gasteiger partial charge in [0.15, 0.2) is 0 Å². The first-order valence-electron chi connectivity index (χ1n) is 20.7. The first-order valence-corrected chi connectivity index (χ1v) is 23.7. The third kappa shape index (κ3) is 15.3. The van der Waals surface area contributed by atoms with Crippen LogP contribution in [0.4, 0.5) is 42.1 Å². The van der Waals surface area contributed by atoms with Crippen molar-refractivity contribution in [2.24, 2.45) is 36.8 Å². The Morgan fingerprint density at radius 3 is 1.57 bits per heavy atom. The zero-order valence-electron chi connectivity index (χ0n) is 36.9. The molecule has 2 saturated carbocycles. The SMILES string of the molecule is CCN=C(N)N1CC2(C=N1)CCCC2.CCN=C(NS(=O)(=O)c1ccc(NC(=O)C(F)(F)F)c(C)c1)N1CC2(C=N1)CCCC2.Cc1cc(S(=O)(=O)Cl)ccc1NC(=O)C(F)(F)F.[2H]CF. The Morgan fingerprint density at radius 1 is 0.769 bits per heavy atom. The largest absolute Gasteiger partial charge is 0.471 e. The van der Waals surface area contributed by atoms with Crippen molar-refractivity contribution in [1.29, 1.82) is 0 Å². The van der Waals surface area contributed by atoms with E-state index >= 15 is 0 Å². The van der Waals surface area contributed by atoms with Gasteiger partial charge >= 0.3 is 24.2 Å². The number of benzene rings is 2. The van der Waals surface area contributed by atoms with E-state index in [9.17, 15) is 57.2 Å². The van der Waals surface area contributed by atoms with E-state index in [-0.39, 0.29) is 43.7 Å². The van der Waals surface area contributed by atoms with E-state index in [0.29, 0.717) is 24.5 Å². The van der Waals surface area contributed by atoms with Crippen molar-refractivity contribution in [3.05, 3.63) is 47.5 Å². The summed E-state index contributed by atoms with van der Waals surface area (Å²) in [4.78, 5) is 29.8. The Morgan fingerprint density at radius 2 is 1.17 bits per heavy atom. The molecule has 0 unspecified atom stereocenters. The van der Waals surface area contributed by atoms with E-state index in [1.54, 1.807) is 17.6 Å². The number of aliphatic imine (C=N–C) groups is 2. The maximum atomic E-state index is 12.9. The van der Waals surface area contributed by atoms with Crippen LogP contribution in [0.1, 0.15) is 77.7 Å². The molecule has 26 heteroatoms. The summed E-state index contributed by atoms with van der Waals surface area (Å²) in [5.41, 5.74) is 6.10. The molecule has 2 heterocycles. The molecule has 2 aromatic carbocycles. The predicted molar refractivity (Wildman–Crippen MR) is 234 cm³/mol. The summed E-state index contributed by atoms with van der Waals surface area (Å²) in [5, 5.41) is 15.4. The number of nitrogens with zero attached hydrogens (tertiary/aromatic N) is 6. The molecular formula is C39H52ClF7N10O6S2. The van der Waals surface area contributed by atoms with Crippen LogP contribution in [0.15, 0.2) is 66.4 Å². The molecule has 0 saturated heterocycles. The van der Waals surface area contributed by atoms with Crippen LogP contribution in [0.25, 0.3) is 0 Å². The molecule has 2 aliphatic carbocycles. The number of alkyl halides is 7. The van der Waals surface area contributed by atoms with Gasteiger partial charge in [0.25, 0.3) is 19.1 Å². The number of hydrogen-bond donors (Lipinski definition) is 4. The Bertz CT molecular complexity index is 2380. The van der Waals surface area contributed by atoms with Gasteiger partial charge in [-0.1, -0.05) is 25.7 Å². The molecule has 0 aromatic heterocycles. The zero-order valence-corrected chi connectivity index (χ0v) is 38.3. The van der Waals surface area contributed by atoms with E-state index < -0.39 is 50.4 Å². The molecule has 0 radical (unpaired) electrons. The van der Waals surface area contributed by atoms with Crippen molar-refractivity contribution in [2.45, 2.75) is 101 Å². The number of carbonyl (C=O) groups is 2. The summed E-state index contributed by atoms with van der Waals surface area (Å²) in [6.07, 6.45) is 3.23. The maximum Gasteiger partial charge on any atom is 0.471 e. The van der Waals surface area contributed by atoms with Gasteiger partial charge < -0.3 is 16.4 Å². The lowest BCUT2D eigenvalue weighted by molar-refractivity contribution is -0.167. The molecule has 16 nitrogen and oxygen atoms in total. The second-order valence-corrected chi connectivity index (χ2v) is 19.5. The van der Waals surface area contributed by atoms with Gasteiger partial charge in [-0.2, -0.15) is 36.5 Å². The summed E-state index contributed by atoms with van der Waals surface area (Å²) in [5.74, 6) is -3.61. The number of halogens is 8. The van der Waals surface area contributed by atoms with E-state index in [4.69, 9.17) is 17.8 Å². The molecule has 2 spiro atoms. The summed E-state index contributed by atoms with van der Waals surface area (Å²) in [6, 6.07) is 6.52. The smallest absolute Gasteiger partial charge is 0.368 e. The minimum Gasteiger partial charge on any atom is -0.368 e. The van der Waals surface area contributed by atoms with Crippen LogP contribution >= 0.6 is 10.7 Å². The van der Waals surface area contributed by atoms with Crippen LogP contribution in [-0.2, 0) is 28.7 Å². The highest BCUT2D eigenvalue weighted by Crippen LogP contribution is 2.41. The number of amides is 2. The predicted octanol–water partition coefficient (Wildman–Crippen LogP) is 7.20. The first kappa shape index (κ1) is 52.6. The fraction of sp³-hybridized carbons (Fsp3) is 0.538. The Kier molecular flexibility index (Phi) is 18.1. The number of hydrogen-bond acceptors (Lipinski definition) is 10. The molecule has 362 valence electrons. The summed E-state index contributed by atoms with van der Waals surface area (Å²) >= 11 is 0. The number of anilines is 2. The third-order valence-corrected chi connectivity index (χ3v) is 13.1. The lowest BCUT2D eigenvalue weighted by Crippen LogP contribution is -2.43. The van der Waals surface area contributed by atoms with E-state index in [1.807, 2.05) is 18.1 Å². The monoisotopic (exact) mass is 989 g/mol. The fourth-order valence-electron chi connectivity index (χ4n) is 7.14. The Labute approximate surface area is 378 Å². The van der Waals surface area contributed by atoms with E-state index in [2.05, 4.69) is 31.1 Å². The lowest BCUT2D eigenvalue weighted by atomic mass is 9.88. The molecule has 5 N–H and O–H groups in total. The number of sulfonamides is 1. The summed E-state index contributed by atoms with van der Waals surface area (Å²) in [7, 11) is -3.98. The summed E-state index contributed by atoms with van der Waals surface area (Å²) in [6.45, 7) is 9.03. The average molecular weight is 990 g/mol. The van der Waals surface area contributed by atoms with E-state index in [1.165, 1.54) is 50.6 Å². The third-order valence-electron chi connectivity index (χ3n) is 10.4. The Balaban J connectivity index is 0.000000278. The van der Waals surface area contributed by atoms with Gasteiger partial charge in [0.1, 0.15) is 0 Å². The highest BCUT2D eigenvalue weighted by molar-refractivity contribution is 8.13. The van der Waals surface area contributed by atoms with Crippen LogP contribution in [0.5, 0.6) is 0 Å². The highest BCUT2D eigenvalue weighted by atomic mass is 35.7. The molecule has 4 aliphatic rings. The first-order chi connectivity index (χ1) is 30.6. The van der Waals surface area contributed by atoms with Crippen LogP contribution in [0.3, 0.4) is 0 Å². The normalized spacial score (nSPS) is 18.0. The van der Waals surface area contributed by atoms with Crippen molar-refractivity contribution >= 4 is 77.3 Å². The lowest BCUT2D eigenvalue weighted by Gasteiger charge is -2.24. The molecule has 6 rings (SSSR count). The van der Waals surface area contributed by atoms with Gasteiger partial charge in [-0.3, -0.25) is 24.0 Å². The topological polar surface area (TPSA) is 220 Å². The highest BCUT2D eigenvalue weighted by Gasteiger charge is 2.42.